The second-order valence-electron chi connectivity index (χ2n) is 7.50. The van der Waals surface area contributed by atoms with Gasteiger partial charge in [0.25, 0.3) is 0 Å². The van der Waals surface area contributed by atoms with Crippen LogP contribution in [0.25, 0.3) is 0 Å². The van der Waals surface area contributed by atoms with E-state index in [0.29, 0.717) is 38.2 Å². The first-order valence-corrected chi connectivity index (χ1v) is 11.3. The molecule has 30 heavy (non-hydrogen) atoms. The van der Waals surface area contributed by atoms with Gasteiger partial charge in [-0.05, 0) is 68.0 Å². The Labute approximate surface area is 176 Å². The van der Waals surface area contributed by atoms with Gasteiger partial charge in [0, 0.05) is 37.7 Å². The quantitative estimate of drug-likeness (QED) is 0.704. The van der Waals surface area contributed by atoms with Gasteiger partial charge in [0.2, 0.25) is 10.0 Å². The molecule has 3 rings (SSSR count). The lowest BCUT2D eigenvalue weighted by Gasteiger charge is -2.31. The maximum Gasteiger partial charge on any atom is 0.313 e. The summed E-state index contributed by atoms with van der Waals surface area (Å²) in [6.45, 7) is 4.98. The summed E-state index contributed by atoms with van der Waals surface area (Å²) in [5.41, 5.74) is 2.71. The zero-order chi connectivity index (χ0) is 21.7. The summed E-state index contributed by atoms with van der Waals surface area (Å²) in [6, 6.07) is 8.59. The molecule has 2 heterocycles. The SMILES string of the molecule is Cc1ccc(NC(=O)C(=O)NCC2CCN(S(=O)(=O)c3cccnc3)CC2)cc1C. The molecule has 8 nitrogen and oxygen atoms in total. The van der Waals surface area contributed by atoms with Crippen LogP contribution in [0.1, 0.15) is 24.0 Å². The Balaban J connectivity index is 1.46. The fourth-order valence-corrected chi connectivity index (χ4v) is 4.76. The highest BCUT2D eigenvalue weighted by atomic mass is 32.2. The zero-order valence-corrected chi connectivity index (χ0v) is 17.9. The number of anilines is 1. The Bertz CT molecular complexity index is 1020. The van der Waals surface area contributed by atoms with E-state index in [2.05, 4.69) is 15.6 Å². The molecule has 1 aliphatic rings. The molecule has 1 saturated heterocycles. The van der Waals surface area contributed by atoms with Crippen LogP contribution in [0, 0.1) is 19.8 Å². The third-order valence-corrected chi connectivity index (χ3v) is 7.25. The fraction of sp³-hybridized carbons (Fsp3) is 0.381. The summed E-state index contributed by atoms with van der Waals surface area (Å²) in [7, 11) is -3.55. The standard InChI is InChI=1S/C21H26N4O4S/c1-15-5-6-18(12-16(15)2)24-21(27)20(26)23-13-17-7-10-25(11-8-17)30(28,29)19-4-3-9-22-14-19/h3-6,9,12,14,17H,7-8,10-11,13H2,1-2H3,(H,23,26)(H,24,27). The molecule has 9 heteroatoms. The second kappa shape index (κ2) is 9.36. The third kappa shape index (κ3) is 5.22. The van der Waals surface area contributed by atoms with Crippen molar-refractivity contribution in [2.24, 2.45) is 5.92 Å². The first kappa shape index (κ1) is 21.9. The van der Waals surface area contributed by atoms with Crippen LogP contribution in [-0.4, -0.2) is 49.2 Å². The largest absolute Gasteiger partial charge is 0.348 e. The smallest absolute Gasteiger partial charge is 0.313 e. The number of nitrogens with one attached hydrogen (secondary N) is 2. The summed E-state index contributed by atoms with van der Waals surface area (Å²) in [5, 5.41) is 5.25. The van der Waals surface area contributed by atoms with Crippen LogP contribution in [0.5, 0.6) is 0 Å². The highest BCUT2D eigenvalue weighted by Crippen LogP contribution is 2.23. The molecule has 0 aliphatic carbocycles. The van der Waals surface area contributed by atoms with Gasteiger partial charge < -0.3 is 10.6 Å². The van der Waals surface area contributed by atoms with Crippen LogP contribution in [0.4, 0.5) is 5.69 Å². The first-order chi connectivity index (χ1) is 14.3. The minimum absolute atomic E-state index is 0.115. The number of hydrogen-bond donors (Lipinski definition) is 2. The average Bonchev–Trinajstić information content (AvgIpc) is 2.75. The molecule has 1 aromatic heterocycles. The number of rotatable bonds is 5. The lowest BCUT2D eigenvalue weighted by atomic mass is 9.98. The lowest BCUT2D eigenvalue weighted by molar-refractivity contribution is -0.136. The lowest BCUT2D eigenvalue weighted by Crippen LogP contribution is -2.43. The van der Waals surface area contributed by atoms with Gasteiger partial charge in [0.1, 0.15) is 4.90 Å². The monoisotopic (exact) mass is 430 g/mol. The predicted octanol–water partition coefficient (Wildman–Crippen LogP) is 1.85. The van der Waals surface area contributed by atoms with Crippen molar-refractivity contribution in [3.63, 3.8) is 0 Å². The number of hydrogen-bond acceptors (Lipinski definition) is 5. The second-order valence-corrected chi connectivity index (χ2v) is 9.44. The molecule has 0 unspecified atom stereocenters. The molecule has 160 valence electrons. The van der Waals surface area contributed by atoms with Crippen molar-refractivity contribution in [3.05, 3.63) is 53.9 Å². The average molecular weight is 431 g/mol. The molecule has 0 spiro atoms. The molecule has 0 radical (unpaired) electrons. The van der Waals surface area contributed by atoms with E-state index in [-0.39, 0.29) is 10.8 Å². The molecule has 1 aliphatic heterocycles. The van der Waals surface area contributed by atoms with Crippen molar-refractivity contribution in [1.82, 2.24) is 14.6 Å². The van der Waals surface area contributed by atoms with Crippen molar-refractivity contribution in [2.45, 2.75) is 31.6 Å². The highest BCUT2D eigenvalue weighted by Gasteiger charge is 2.29. The summed E-state index contributed by atoms with van der Waals surface area (Å²) >= 11 is 0. The number of carbonyl (C=O) groups excluding carboxylic acids is 2. The van der Waals surface area contributed by atoms with Crippen LogP contribution in [0.2, 0.25) is 0 Å². The van der Waals surface area contributed by atoms with Gasteiger partial charge in [-0.3, -0.25) is 14.6 Å². The third-order valence-electron chi connectivity index (χ3n) is 5.37. The van der Waals surface area contributed by atoms with E-state index in [4.69, 9.17) is 0 Å². The summed E-state index contributed by atoms with van der Waals surface area (Å²) in [5.74, 6) is -1.29. The number of pyridine rings is 1. The Kier molecular flexibility index (Phi) is 6.84. The van der Waals surface area contributed by atoms with Crippen LogP contribution in [-0.2, 0) is 19.6 Å². The summed E-state index contributed by atoms with van der Waals surface area (Å²) in [6.07, 6.45) is 4.09. The predicted molar refractivity (Wildman–Crippen MR) is 113 cm³/mol. The molecule has 2 amide bonds. The molecule has 2 aromatic rings. The van der Waals surface area contributed by atoms with E-state index in [1.54, 1.807) is 12.1 Å². The van der Waals surface area contributed by atoms with E-state index < -0.39 is 21.8 Å². The van der Waals surface area contributed by atoms with E-state index >= 15 is 0 Å². The number of benzene rings is 1. The normalized spacial score (nSPS) is 15.5. The number of aromatic nitrogens is 1. The molecule has 0 saturated carbocycles. The van der Waals surface area contributed by atoms with Gasteiger partial charge >= 0.3 is 11.8 Å². The van der Waals surface area contributed by atoms with Gasteiger partial charge in [-0.15, -0.1) is 0 Å². The number of carbonyl (C=O) groups is 2. The number of aryl methyl sites for hydroxylation is 2. The van der Waals surface area contributed by atoms with E-state index in [9.17, 15) is 18.0 Å². The molecule has 0 atom stereocenters. The maximum atomic E-state index is 12.6. The Morgan fingerprint density at radius 3 is 2.47 bits per heavy atom. The van der Waals surface area contributed by atoms with E-state index in [0.717, 1.165) is 11.1 Å². The number of nitrogens with zero attached hydrogens (tertiary/aromatic N) is 2. The minimum atomic E-state index is -3.55. The van der Waals surface area contributed by atoms with Crippen LogP contribution < -0.4 is 10.6 Å². The Hall–Kier alpha value is -2.78. The number of sulfonamides is 1. The Morgan fingerprint density at radius 2 is 1.83 bits per heavy atom. The molecule has 0 bridgehead atoms. The highest BCUT2D eigenvalue weighted by molar-refractivity contribution is 7.89. The fourth-order valence-electron chi connectivity index (χ4n) is 3.33. The van der Waals surface area contributed by atoms with E-state index in [1.165, 1.54) is 22.8 Å². The van der Waals surface area contributed by atoms with Crippen LogP contribution in [0.15, 0.2) is 47.6 Å². The van der Waals surface area contributed by atoms with Gasteiger partial charge in [-0.25, -0.2) is 8.42 Å². The molecule has 1 fully saturated rings. The van der Waals surface area contributed by atoms with Gasteiger partial charge in [-0.2, -0.15) is 4.31 Å². The molecule has 2 N–H and O–H groups in total. The van der Waals surface area contributed by atoms with Crippen molar-refractivity contribution in [3.8, 4) is 0 Å². The topological polar surface area (TPSA) is 108 Å². The molecular formula is C21H26N4O4S. The van der Waals surface area contributed by atoms with Crippen LogP contribution >= 0.6 is 0 Å². The minimum Gasteiger partial charge on any atom is -0.348 e. The molecular weight excluding hydrogens is 404 g/mol. The first-order valence-electron chi connectivity index (χ1n) is 9.84. The van der Waals surface area contributed by atoms with Gasteiger partial charge in [0.05, 0.1) is 0 Å². The van der Waals surface area contributed by atoms with Crippen molar-refractivity contribution >= 4 is 27.5 Å². The number of amides is 2. The Morgan fingerprint density at radius 1 is 1.10 bits per heavy atom. The number of piperidine rings is 1. The maximum absolute atomic E-state index is 12.6. The van der Waals surface area contributed by atoms with Crippen molar-refractivity contribution in [2.75, 3.05) is 25.0 Å². The zero-order valence-electron chi connectivity index (χ0n) is 17.1. The molecule has 1 aromatic carbocycles. The van der Waals surface area contributed by atoms with Gasteiger partial charge in [-0.1, -0.05) is 6.07 Å². The van der Waals surface area contributed by atoms with Gasteiger partial charge in [0.15, 0.2) is 0 Å². The van der Waals surface area contributed by atoms with Crippen molar-refractivity contribution in [1.29, 1.82) is 0 Å². The summed E-state index contributed by atoms with van der Waals surface area (Å²) < 4.78 is 26.7. The van der Waals surface area contributed by atoms with Crippen molar-refractivity contribution < 1.29 is 18.0 Å². The van der Waals surface area contributed by atoms with Crippen LogP contribution in [0.3, 0.4) is 0 Å². The van der Waals surface area contributed by atoms with E-state index in [1.807, 2.05) is 26.0 Å². The summed E-state index contributed by atoms with van der Waals surface area (Å²) in [4.78, 5) is 28.3.